The third kappa shape index (κ3) is 4.47. The van der Waals surface area contributed by atoms with Crippen LogP contribution in [0.15, 0.2) is 36.4 Å². The number of nitrogens with zero attached hydrogens (tertiary/aromatic N) is 2. The molecule has 0 unspecified atom stereocenters. The predicted octanol–water partition coefficient (Wildman–Crippen LogP) is 4.88. The van der Waals surface area contributed by atoms with E-state index in [2.05, 4.69) is 21.0 Å². The zero-order valence-corrected chi connectivity index (χ0v) is 18.0. The molecular formula is C23H24F3N5O. The number of halogens is 3. The Morgan fingerprint density at radius 3 is 2.50 bits per heavy atom. The van der Waals surface area contributed by atoms with E-state index in [1.165, 1.54) is 11.1 Å². The molecule has 9 heteroatoms. The second-order valence-electron chi connectivity index (χ2n) is 8.78. The van der Waals surface area contributed by atoms with Crippen LogP contribution >= 0.6 is 0 Å². The van der Waals surface area contributed by atoms with E-state index in [-0.39, 0.29) is 5.41 Å². The van der Waals surface area contributed by atoms with E-state index in [1.54, 1.807) is 10.7 Å². The van der Waals surface area contributed by atoms with E-state index in [4.69, 9.17) is 0 Å². The average molecular weight is 443 g/mol. The van der Waals surface area contributed by atoms with Gasteiger partial charge in [0.1, 0.15) is 11.6 Å². The van der Waals surface area contributed by atoms with Crippen LogP contribution < -0.4 is 16.0 Å². The first-order valence-corrected chi connectivity index (χ1v) is 10.3. The minimum Gasteiger partial charge on any atom is -0.312 e. The fourth-order valence-corrected chi connectivity index (χ4v) is 3.52. The first-order chi connectivity index (χ1) is 15.1. The van der Waals surface area contributed by atoms with E-state index in [9.17, 15) is 18.0 Å². The lowest BCUT2D eigenvalue weighted by molar-refractivity contribution is 0.262. The molecule has 2 amide bonds. The van der Waals surface area contributed by atoms with Crippen molar-refractivity contribution >= 4 is 17.5 Å². The Kier molecular flexibility index (Phi) is 5.68. The van der Waals surface area contributed by atoms with Crippen LogP contribution in [0.25, 0.3) is 5.69 Å². The summed E-state index contributed by atoms with van der Waals surface area (Å²) in [7, 11) is 0. The molecular weight excluding hydrogens is 419 g/mol. The van der Waals surface area contributed by atoms with Gasteiger partial charge in [0.25, 0.3) is 0 Å². The highest BCUT2D eigenvalue weighted by molar-refractivity contribution is 5.99. The van der Waals surface area contributed by atoms with E-state index >= 15 is 0 Å². The summed E-state index contributed by atoms with van der Waals surface area (Å²) in [5.41, 5.74) is 3.17. The molecule has 4 rings (SSSR count). The van der Waals surface area contributed by atoms with Crippen molar-refractivity contribution in [2.24, 2.45) is 0 Å². The highest BCUT2D eigenvalue weighted by atomic mass is 19.2. The number of hydrogen-bond acceptors (Lipinski definition) is 3. The maximum atomic E-state index is 13.9. The number of fused-ring (bicyclic) bond motifs is 1. The second-order valence-corrected chi connectivity index (χ2v) is 8.78. The van der Waals surface area contributed by atoms with Crippen molar-refractivity contribution in [3.05, 3.63) is 70.7 Å². The molecule has 2 heterocycles. The van der Waals surface area contributed by atoms with Crippen molar-refractivity contribution in [2.45, 2.75) is 39.2 Å². The lowest BCUT2D eigenvalue weighted by Gasteiger charge is -2.18. The molecule has 2 aromatic carbocycles. The number of anilines is 2. The zero-order chi connectivity index (χ0) is 23.0. The van der Waals surface area contributed by atoms with E-state index in [1.807, 2.05) is 39.0 Å². The highest BCUT2D eigenvalue weighted by Crippen LogP contribution is 2.28. The quantitative estimate of drug-likeness (QED) is 0.506. The van der Waals surface area contributed by atoms with Crippen molar-refractivity contribution in [1.82, 2.24) is 15.1 Å². The first-order valence-electron chi connectivity index (χ1n) is 10.3. The Morgan fingerprint density at radius 2 is 1.75 bits per heavy atom. The Morgan fingerprint density at radius 1 is 1.00 bits per heavy atom. The van der Waals surface area contributed by atoms with Crippen molar-refractivity contribution < 1.29 is 18.0 Å². The number of amides is 2. The molecule has 0 aliphatic carbocycles. The van der Waals surface area contributed by atoms with Gasteiger partial charge in [-0.1, -0.05) is 26.8 Å². The number of hydrogen-bond donors (Lipinski definition) is 3. The summed E-state index contributed by atoms with van der Waals surface area (Å²) in [5.74, 6) is -3.30. The lowest BCUT2D eigenvalue weighted by atomic mass is 9.92. The molecule has 0 fully saturated rings. The van der Waals surface area contributed by atoms with Gasteiger partial charge in [-0.05, 0) is 36.2 Å². The van der Waals surface area contributed by atoms with Crippen LogP contribution in [-0.4, -0.2) is 22.4 Å². The van der Waals surface area contributed by atoms with Gasteiger partial charge in [0.15, 0.2) is 11.6 Å². The van der Waals surface area contributed by atoms with Gasteiger partial charge in [0.2, 0.25) is 0 Å². The SMILES string of the molecule is CC(C)(C)c1cc(NC(=O)Nc2cc(F)c(F)cc2F)n(-c2ccc3c(c2)CCNC3)n1. The number of benzene rings is 2. The maximum Gasteiger partial charge on any atom is 0.324 e. The Labute approximate surface area is 183 Å². The van der Waals surface area contributed by atoms with Gasteiger partial charge in [-0.15, -0.1) is 0 Å². The molecule has 1 aromatic heterocycles. The summed E-state index contributed by atoms with van der Waals surface area (Å²) in [6.45, 7) is 7.68. The Bertz CT molecular complexity index is 1180. The first kappa shape index (κ1) is 21.9. The molecule has 0 saturated carbocycles. The highest BCUT2D eigenvalue weighted by Gasteiger charge is 2.22. The van der Waals surface area contributed by atoms with Gasteiger partial charge in [-0.25, -0.2) is 22.6 Å². The van der Waals surface area contributed by atoms with Gasteiger partial charge in [-0.2, -0.15) is 5.10 Å². The monoisotopic (exact) mass is 443 g/mol. The van der Waals surface area contributed by atoms with Crippen LogP contribution in [0.5, 0.6) is 0 Å². The van der Waals surface area contributed by atoms with Gasteiger partial charge in [0.05, 0.1) is 17.1 Å². The molecule has 1 aliphatic rings. The molecule has 3 N–H and O–H groups in total. The average Bonchev–Trinajstić information content (AvgIpc) is 3.16. The zero-order valence-electron chi connectivity index (χ0n) is 18.0. The molecule has 0 spiro atoms. The summed E-state index contributed by atoms with van der Waals surface area (Å²) in [5, 5.41) is 12.9. The molecule has 168 valence electrons. The molecule has 0 saturated heterocycles. The van der Waals surface area contributed by atoms with Gasteiger partial charge < -0.3 is 10.6 Å². The van der Waals surface area contributed by atoms with Gasteiger partial charge in [0, 0.05) is 30.2 Å². The number of carbonyl (C=O) groups is 1. The molecule has 32 heavy (non-hydrogen) atoms. The number of nitrogens with one attached hydrogen (secondary N) is 3. The summed E-state index contributed by atoms with van der Waals surface area (Å²) >= 11 is 0. The van der Waals surface area contributed by atoms with Crippen LogP contribution in [0, 0.1) is 17.5 Å². The van der Waals surface area contributed by atoms with Crippen LogP contribution in [0.2, 0.25) is 0 Å². The van der Waals surface area contributed by atoms with Crippen LogP contribution in [-0.2, 0) is 18.4 Å². The van der Waals surface area contributed by atoms with Gasteiger partial charge >= 0.3 is 6.03 Å². The minimum absolute atomic E-state index is 0.289. The number of urea groups is 1. The smallest absolute Gasteiger partial charge is 0.312 e. The van der Waals surface area contributed by atoms with E-state index < -0.39 is 29.2 Å². The largest absolute Gasteiger partial charge is 0.324 e. The summed E-state index contributed by atoms with van der Waals surface area (Å²) in [4.78, 5) is 12.6. The Balaban J connectivity index is 1.65. The Hall–Kier alpha value is -3.33. The fraction of sp³-hybridized carbons (Fsp3) is 0.304. The van der Waals surface area contributed by atoms with Crippen molar-refractivity contribution in [3.63, 3.8) is 0 Å². The van der Waals surface area contributed by atoms with Crippen LogP contribution in [0.4, 0.5) is 29.5 Å². The molecule has 0 bridgehead atoms. The maximum absolute atomic E-state index is 13.9. The molecule has 6 nitrogen and oxygen atoms in total. The minimum atomic E-state index is -1.33. The van der Waals surface area contributed by atoms with Crippen LogP contribution in [0.3, 0.4) is 0 Å². The van der Waals surface area contributed by atoms with Crippen molar-refractivity contribution in [1.29, 1.82) is 0 Å². The summed E-state index contributed by atoms with van der Waals surface area (Å²) in [6.07, 6.45) is 0.884. The number of aromatic nitrogens is 2. The van der Waals surface area contributed by atoms with E-state index in [0.717, 1.165) is 30.9 Å². The summed E-state index contributed by atoms with van der Waals surface area (Å²) < 4.78 is 42.2. The molecule has 1 aliphatic heterocycles. The van der Waals surface area contributed by atoms with Crippen LogP contribution in [0.1, 0.15) is 37.6 Å². The summed E-state index contributed by atoms with van der Waals surface area (Å²) in [6, 6.07) is 7.89. The van der Waals surface area contributed by atoms with E-state index in [0.29, 0.717) is 18.0 Å². The third-order valence-electron chi connectivity index (χ3n) is 5.30. The molecule has 3 aromatic rings. The number of rotatable bonds is 3. The molecule has 0 atom stereocenters. The standard InChI is InChI=1S/C23H24F3N5O/c1-23(2,3)20-11-21(29-22(32)28-19-10-17(25)16(24)9-18(19)26)31(30-20)15-5-4-14-12-27-7-6-13(14)8-15/h4-5,8-11,27H,6-7,12H2,1-3H3,(H2,28,29,32). The van der Waals surface area contributed by atoms with Crippen molar-refractivity contribution in [3.8, 4) is 5.69 Å². The number of carbonyl (C=O) groups excluding carboxylic acids is 1. The second kappa shape index (κ2) is 8.31. The van der Waals surface area contributed by atoms with Crippen molar-refractivity contribution in [2.75, 3.05) is 17.2 Å². The lowest BCUT2D eigenvalue weighted by Crippen LogP contribution is -2.24. The third-order valence-corrected chi connectivity index (χ3v) is 5.30. The predicted molar refractivity (Wildman–Crippen MR) is 117 cm³/mol. The van der Waals surface area contributed by atoms with Gasteiger partial charge in [-0.3, -0.25) is 5.32 Å². The molecule has 0 radical (unpaired) electrons. The fourth-order valence-electron chi connectivity index (χ4n) is 3.52. The normalized spacial score (nSPS) is 13.6. The topological polar surface area (TPSA) is 71.0 Å².